The number of carboxylic acids is 1. The smallest absolute Gasteiger partial charge is 0.364 e. The molecule has 19 heavy (non-hydrogen) atoms. The van der Waals surface area contributed by atoms with Crippen molar-refractivity contribution in [3.05, 3.63) is 47.3 Å². The summed E-state index contributed by atoms with van der Waals surface area (Å²) in [5, 5.41) is 12.7. The second-order valence-electron chi connectivity index (χ2n) is 4.00. The summed E-state index contributed by atoms with van der Waals surface area (Å²) in [4.78, 5) is 22.7. The van der Waals surface area contributed by atoms with Crippen molar-refractivity contribution < 1.29 is 19.4 Å². The maximum absolute atomic E-state index is 11.9. The molecule has 98 valence electrons. The standard InChI is InChI=1S/C13H12N2O4/c1-8-5-3-4-6-11(8)19-13(18)9-7-10(12(16)17)15(2)14-9/h3-7H,1-2H3,(H,16,17). The zero-order valence-corrected chi connectivity index (χ0v) is 10.5. The Balaban J connectivity index is 2.24. The molecule has 0 aliphatic rings. The molecule has 6 heteroatoms. The van der Waals surface area contributed by atoms with E-state index >= 15 is 0 Å². The number of carboxylic acid groups (broad SMARTS) is 1. The van der Waals surface area contributed by atoms with E-state index in [0.717, 1.165) is 10.2 Å². The Morgan fingerprint density at radius 3 is 2.58 bits per heavy atom. The van der Waals surface area contributed by atoms with E-state index in [-0.39, 0.29) is 11.4 Å². The van der Waals surface area contributed by atoms with E-state index in [1.165, 1.54) is 13.1 Å². The number of nitrogens with zero attached hydrogens (tertiary/aromatic N) is 2. The van der Waals surface area contributed by atoms with Gasteiger partial charge in [-0.15, -0.1) is 0 Å². The molecule has 2 aromatic rings. The van der Waals surface area contributed by atoms with Crippen LogP contribution in [0, 0.1) is 6.92 Å². The van der Waals surface area contributed by atoms with Crippen LogP contribution in [0.1, 0.15) is 26.5 Å². The molecule has 0 saturated heterocycles. The van der Waals surface area contributed by atoms with Gasteiger partial charge in [0.1, 0.15) is 11.4 Å². The van der Waals surface area contributed by atoms with Crippen LogP contribution in [-0.2, 0) is 7.05 Å². The summed E-state index contributed by atoms with van der Waals surface area (Å²) in [5.41, 5.74) is 0.699. The number of carbonyl (C=O) groups excluding carboxylic acids is 1. The maximum atomic E-state index is 11.9. The first kappa shape index (κ1) is 12.8. The van der Waals surface area contributed by atoms with Gasteiger partial charge in [0.2, 0.25) is 0 Å². The highest BCUT2D eigenvalue weighted by Crippen LogP contribution is 2.17. The van der Waals surface area contributed by atoms with Crippen LogP contribution in [0.25, 0.3) is 0 Å². The lowest BCUT2D eigenvalue weighted by atomic mass is 10.2. The largest absolute Gasteiger partial charge is 0.477 e. The van der Waals surface area contributed by atoms with Gasteiger partial charge in [0.25, 0.3) is 0 Å². The van der Waals surface area contributed by atoms with E-state index in [4.69, 9.17) is 9.84 Å². The maximum Gasteiger partial charge on any atom is 0.364 e. The molecule has 6 nitrogen and oxygen atoms in total. The van der Waals surface area contributed by atoms with Crippen molar-refractivity contribution in [1.29, 1.82) is 0 Å². The van der Waals surface area contributed by atoms with Crippen molar-refractivity contribution in [2.75, 3.05) is 0 Å². The van der Waals surface area contributed by atoms with Crippen LogP contribution in [0.15, 0.2) is 30.3 Å². The lowest BCUT2D eigenvalue weighted by Crippen LogP contribution is -2.10. The van der Waals surface area contributed by atoms with Crippen LogP contribution < -0.4 is 4.74 Å². The summed E-state index contributed by atoms with van der Waals surface area (Å²) in [6, 6.07) is 8.23. The number of benzene rings is 1. The lowest BCUT2D eigenvalue weighted by molar-refractivity contribution is 0.0683. The summed E-state index contributed by atoms with van der Waals surface area (Å²) < 4.78 is 6.29. The molecule has 0 bridgehead atoms. The molecule has 0 amide bonds. The molecule has 0 fully saturated rings. The third-order valence-electron chi connectivity index (χ3n) is 2.60. The molecule has 1 aromatic carbocycles. The predicted molar refractivity (Wildman–Crippen MR) is 66.3 cm³/mol. The zero-order chi connectivity index (χ0) is 14.0. The molecule has 0 aliphatic carbocycles. The Bertz CT molecular complexity index is 646. The van der Waals surface area contributed by atoms with Gasteiger partial charge in [-0.2, -0.15) is 5.10 Å². The molecule has 2 rings (SSSR count). The van der Waals surface area contributed by atoms with Crippen LogP contribution >= 0.6 is 0 Å². The number of ether oxygens (including phenoxy) is 1. The van der Waals surface area contributed by atoms with E-state index in [0.29, 0.717) is 5.75 Å². The minimum absolute atomic E-state index is 0.0387. The Kier molecular flexibility index (Phi) is 3.33. The Morgan fingerprint density at radius 2 is 2.00 bits per heavy atom. The van der Waals surface area contributed by atoms with Crippen molar-refractivity contribution in [2.45, 2.75) is 6.92 Å². The molecule has 0 unspecified atom stereocenters. The van der Waals surface area contributed by atoms with Crippen molar-refractivity contribution >= 4 is 11.9 Å². The first-order valence-corrected chi connectivity index (χ1v) is 5.54. The number of para-hydroxylation sites is 1. The molecular formula is C13H12N2O4. The minimum atomic E-state index is -1.15. The fourth-order valence-electron chi connectivity index (χ4n) is 1.59. The summed E-state index contributed by atoms with van der Waals surface area (Å²) in [7, 11) is 1.45. The van der Waals surface area contributed by atoms with Gasteiger partial charge in [-0.3, -0.25) is 4.68 Å². The predicted octanol–water partition coefficient (Wildman–Crippen LogP) is 1.65. The average Bonchev–Trinajstić information content (AvgIpc) is 2.74. The average molecular weight is 260 g/mol. The highest BCUT2D eigenvalue weighted by molar-refractivity contribution is 5.93. The van der Waals surface area contributed by atoms with Gasteiger partial charge < -0.3 is 9.84 Å². The third kappa shape index (κ3) is 2.62. The number of aryl methyl sites for hydroxylation is 2. The van der Waals surface area contributed by atoms with E-state index in [2.05, 4.69) is 5.10 Å². The van der Waals surface area contributed by atoms with Gasteiger partial charge in [0, 0.05) is 13.1 Å². The Labute approximate surface area is 109 Å². The van der Waals surface area contributed by atoms with Crippen LogP contribution in [0.5, 0.6) is 5.75 Å². The van der Waals surface area contributed by atoms with Gasteiger partial charge in [-0.05, 0) is 18.6 Å². The fraction of sp³-hybridized carbons (Fsp3) is 0.154. The number of hydrogen-bond acceptors (Lipinski definition) is 4. The van der Waals surface area contributed by atoms with Gasteiger partial charge in [-0.25, -0.2) is 9.59 Å². The molecule has 0 saturated carbocycles. The number of rotatable bonds is 3. The van der Waals surface area contributed by atoms with Gasteiger partial charge >= 0.3 is 11.9 Å². The molecule has 1 N–H and O–H groups in total. The highest BCUT2D eigenvalue weighted by Gasteiger charge is 2.18. The fourth-order valence-corrected chi connectivity index (χ4v) is 1.59. The minimum Gasteiger partial charge on any atom is -0.477 e. The monoisotopic (exact) mass is 260 g/mol. The van der Waals surface area contributed by atoms with Crippen LogP contribution in [0.3, 0.4) is 0 Å². The number of hydrogen-bond donors (Lipinski definition) is 1. The molecule has 0 radical (unpaired) electrons. The van der Waals surface area contributed by atoms with Gasteiger partial charge in [-0.1, -0.05) is 18.2 Å². The number of aromatic carboxylic acids is 1. The van der Waals surface area contributed by atoms with Crippen molar-refractivity contribution in [3.8, 4) is 5.75 Å². The van der Waals surface area contributed by atoms with Gasteiger partial charge in [0.15, 0.2) is 5.69 Å². The van der Waals surface area contributed by atoms with Crippen LogP contribution in [0.4, 0.5) is 0 Å². The molecule has 0 aliphatic heterocycles. The molecule has 1 aromatic heterocycles. The van der Waals surface area contributed by atoms with E-state index in [9.17, 15) is 9.59 Å². The summed E-state index contributed by atoms with van der Waals surface area (Å²) in [6.45, 7) is 1.81. The molecule has 0 spiro atoms. The second-order valence-corrected chi connectivity index (χ2v) is 4.00. The first-order chi connectivity index (χ1) is 8.99. The quantitative estimate of drug-likeness (QED) is 0.670. The normalized spacial score (nSPS) is 10.2. The van der Waals surface area contributed by atoms with Crippen LogP contribution in [-0.4, -0.2) is 26.8 Å². The van der Waals surface area contributed by atoms with Crippen molar-refractivity contribution in [2.24, 2.45) is 7.05 Å². The number of carbonyl (C=O) groups is 2. The summed E-state index contributed by atoms with van der Waals surface area (Å²) >= 11 is 0. The summed E-state index contributed by atoms with van der Waals surface area (Å²) in [5.74, 6) is -1.41. The Morgan fingerprint density at radius 1 is 1.32 bits per heavy atom. The van der Waals surface area contributed by atoms with Crippen molar-refractivity contribution in [3.63, 3.8) is 0 Å². The lowest BCUT2D eigenvalue weighted by Gasteiger charge is -2.04. The zero-order valence-electron chi connectivity index (χ0n) is 10.5. The third-order valence-corrected chi connectivity index (χ3v) is 2.60. The Hall–Kier alpha value is -2.63. The molecule has 1 heterocycles. The van der Waals surface area contributed by atoms with E-state index in [1.54, 1.807) is 12.1 Å². The first-order valence-electron chi connectivity index (χ1n) is 5.54. The number of aromatic nitrogens is 2. The highest BCUT2D eigenvalue weighted by atomic mass is 16.5. The second kappa shape index (κ2) is 4.93. The summed E-state index contributed by atoms with van der Waals surface area (Å²) in [6.07, 6.45) is 0. The van der Waals surface area contributed by atoms with E-state index < -0.39 is 11.9 Å². The number of esters is 1. The van der Waals surface area contributed by atoms with E-state index in [1.807, 2.05) is 19.1 Å². The van der Waals surface area contributed by atoms with Gasteiger partial charge in [0.05, 0.1) is 0 Å². The molecule has 0 atom stereocenters. The topological polar surface area (TPSA) is 81.4 Å². The van der Waals surface area contributed by atoms with Crippen LogP contribution in [0.2, 0.25) is 0 Å². The molecular weight excluding hydrogens is 248 g/mol. The SMILES string of the molecule is Cc1ccccc1OC(=O)c1cc(C(=O)O)n(C)n1. The van der Waals surface area contributed by atoms with Crippen molar-refractivity contribution in [1.82, 2.24) is 9.78 Å².